The van der Waals surface area contributed by atoms with Crippen LogP contribution in [0.25, 0.3) is 0 Å². The van der Waals surface area contributed by atoms with Gasteiger partial charge in [-0.2, -0.15) is 0 Å². The van der Waals surface area contributed by atoms with Crippen LogP contribution in [-0.4, -0.2) is 30.9 Å². The smallest absolute Gasteiger partial charge is 0.128 e. The Morgan fingerprint density at radius 1 is 1.05 bits per heavy atom. The van der Waals surface area contributed by atoms with Crippen LogP contribution in [0.2, 0.25) is 0 Å². The molecule has 1 heterocycles. The zero-order valence-electron chi connectivity index (χ0n) is 13.3. The molecule has 0 spiro atoms. The first kappa shape index (κ1) is 15.0. The molecule has 1 aliphatic heterocycles. The molecule has 0 fully saturated rings. The Hall–Kier alpha value is -1.94. The fourth-order valence-corrected chi connectivity index (χ4v) is 4.00. The summed E-state index contributed by atoms with van der Waals surface area (Å²) in [6, 6.07) is 14.8. The Morgan fingerprint density at radius 3 is 2.45 bits per heavy atom. The summed E-state index contributed by atoms with van der Waals surface area (Å²) in [5, 5.41) is 8.40. The standard InChI is InChI=1S/C18H21N3S/c1-4-21(5-2)18(19)13-10-11-15-17(12-13)22-16-9-7-6-8-14(16)20(15)3/h6-12,19H,4-5H2,1-3H3. The van der Waals surface area contributed by atoms with Gasteiger partial charge in [-0.1, -0.05) is 23.9 Å². The first-order valence-electron chi connectivity index (χ1n) is 7.64. The van der Waals surface area contributed by atoms with Crippen molar-refractivity contribution in [3.63, 3.8) is 0 Å². The lowest BCUT2D eigenvalue weighted by Gasteiger charge is -2.30. The molecule has 3 nitrogen and oxygen atoms in total. The highest BCUT2D eigenvalue weighted by atomic mass is 32.2. The van der Waals surface area contributed by atoms with Crippen molar-refractivity contribution >= 4 is 29.0 Å². The lowest BCUT2D eigenvalue weighted by atomic mass is 10.1. The third kappa shape index (κ3) is 2.48. The third-order valence-corrected chi connectivity index (χ3v) is 5.23. The van der Waals surface area contributed by atoms with E-state index in [-0.39, 0.29) is 0 Å². The van der Waals surface area contributed by atoms with Gasteiger partial charge in [0.05, 0.1) is 11.4 Å². The molecule has 0 aliphatic carbocycles. The third-order valence-electron chi connectivity index (χ3n) is 4.12. The molecule has 0 saturated carbocycles. The summed E-state index contributed by atoms with van der Waals surface area (Å²) >= 11 is 1.79. The number of nitrogens with one attached hydrogen (secondary N) is 1. The molecule has 0 amide bonds. The van der Waals surface area contributed by atoms with E-state index in [9.17, 15) is 0 Å². The highest BCUT2D eigenvalue weighted by molar-refractivity contribution is 7.99. The predicted octanol–water partition coefficient (Wildman–Crippen LogP) is 4.59. The van der Waals surface area contributed by atoms with Crippen LogP contribution in [0.1, 0.15) is 19.4 Å². The highest BCUT2D eigenvalue weighted by Crippen LogP contribution is 2.47. The van der Waals surface area contributed by atoms with Crippen LogP contribution >= 0.6 is 11.8 Å². The topological polar surface area (TPSA) is 30.3 Å². The van der Waals surface area contributed by atoms with E-state index in [1.165, 1.54) is 21.2 Å². The van der Waals surface area contributed by atoms with E-state index in [2.05, 4.69) is 73.2 Å². The first-order valence-corrected chi connectivity index (χ1v) is 8.45. The fourth-order valence-electron chi connectivity index (χ4n) is 2.81. The van der Waals surface area contributed by atoms with E-state index in [1.54, 1.807) is 11.8 Å². The van der Waals surface area contributed by atoms with Gasteiger partial charge >= 0.3 is 0 Å². The molecule has 2 aromatic carbocycles. The van der Waals surface area contributed by atoms with E-state index >= 15 is 0 Å². The Morgan fingerprint density at radius 2 is 1.73 bits per heavy atom. The summed E-state index contributed by atoms with van der Waals surface area (Å²) in [6.45, 7) is 5.91. The van der Waals surface area contributed by atoms with Crippen LogP contribution in [0.5, 0.6) is 0 Å². The Balaban J connectivity index is 1.98. The molecule has 0 radical (unpaired) electrons. The summed E-state index contributed by atoms with van der Waals surface area (Å²) in [6.07, 6.45) is 0. The van der Waals surface area contributed by atoms with E-state index < -0.39 is 0 Å². The van der Waals surface area contributed by atoms with Crippen molar-refractivity contribution in [1.82, 2.24) is 4.90 Å². The van der Waals surface area contributed by atoms with E-state index in [4.69, 9.17) is 5.41 Å². The molecule has 4 heteroatoms. The van der Waals surface area contributed by atoms with Gasteiger partial charge in [-0.05, 0) is 44.2 Å². The zero-order valence-corrected chi connectivity index (χ0v) is 14.1. The van der Waals surface area contributed by atoms with Crippen LogP contribution in [0.4, 0.5) is 11.4 Å². The first-order chi connectivity index (χ1) is 10.7. The van der Waals surface area contributed by atoms with Gasteiger partial charge in [0.2, 0.25) is 0 Å². The monoisotopic (exact) mass is 311 g/mol. The van der Waals surface area contributed by atoms with Crippen molar-refractivity contribution in [1.29, 1.82) is 5.41 Å². The number of amidine groups is 1. The van der Waals surface area contributed by atoms with Crippen molar-refractivity contribution < 1.29 is 0 Å². The maximum Gasteiger partial charge on any atom is 0.128 e. The number of fused-ring (bicyclic) bond motifs is 2. The molecule has 1 N–H and O–H groups in total. The molecule has 1 aliphatic rings. The number of anilines is 2. The van der Waals surface area contributed by atoms with Gasteiger partial charge in [0.15, 0.2) is 0 Å². The average molecular weight is 311 g/mol. The Kier molecular flexibility index (Phi) is 4.12. The Labute approximate surface area is 136 Å². The van der Waals surface area contributed by atoms with Crippen molar-refractivity contribution in [2.45, 2.75) is 23.6 Å². The van der Waals surface area contributed by atoms with E-state index in [1.807, 2.05) is 0 Å². The maximum atomic E-state index is 8.40. The molecule has 3 rings (SSSR count). The molecule has 114 valence electrons. The molecular weight excluding hydrogens is 290 g/mol. The van der Waals surface area contributed by atoms with Gasteiger partial charge in [-0.25, -0.2) is 0 Å². The number of nitrogens with zero attached hydrogens (tertiary/aromatic N) is 2. The van der Waals surface area contributed by atoms with Gasteiger partial charge in [0, 0.05) is 35.5 Å². The van der Waals surface area contributed by atoms with Crippen LogP contribution in [0.3, 0.4) is 0 Å². The average Bonchev–Trinajstić information content (AvgIpc) is 2.55. The number of hydrogen-bond donors (Lipinski definition) is 1. The van der Waals surface area contributed by atoms with E-state index in [0.29, 0.717) is 5.84 Å². The second kappa shape index (κ2) is 6.05. The Bertz CT molecular complexity index is 707. The van der Waals surface area contributed by atoms with Crippen molar-refractivity contribution in [2.75, 3.05) is 25.0 Å². The summed E-state index contributed by atoms with van der Waals surface area (Å²) < 4.78 is 0. The minimum Gasteiger partial charge on any atom is -0.357 e. The van der Waals surface area contributed by atoms with Crippen LogP contribution < -0.4 is 4.90 Å². The minimum atomic E-state index is 0.606. The summed E-state index contributed by atoms with van der Waals surface area (Å²) in [7, 11) is 2.10. The quantitative estimate of drug-likeness (QED) is 0.664. The van der Waals surface area contributed by atoms with E-state index in [0.717, 1.165) is 18.7 Å². The van der Waals surface area contributed by atoms with Crippen LogP contribution in [0, 0.1) is 5.41 Å². The molecule has 0 saturated heterocycles. The largest absolute Gasteiger partial charge is 0.357 e. The number of para-hydroxylation sites is 1. The molecule has 22 heavy (non-hydrogen) atoms. The molecule has 2 aromatic rings. The minimum absolute atomic E-state index is 0.606. The molecular formula is C18H21N3S. The second-order valence-electron chi connectivity index (χ2n) is 5.33. The number of hydrogen-bond acceptors (Lipinski definition) is 3. The van der Waals surface area contributed by atoms with Gasteiger partial charge in [0.25, 0.3) is 0 Å². The van der Waals surface area contributed by atoms with Crippen molar-refractivity contribution in [3.05, 3.63) is 48.0 Å². The molecule has 0 unspecified atom stereocenters. The molecule has 0 aromatic heterocycles. The van der Waals surface area contributed by atoms with Crippen molar-refractivity contribution in [2.24, 2.45) is 0 Å². The predicted molar refractivity (Wildman–Crippen MR) is 94.8 cm³/mol. The van der Waals surface area contributed by atoms with Gasteiger partial charge < -0.3 is 9.80 Å². The van der Waals surface area contributed by atoms with Gasteiger partial charge in [-0.15, -0.1) is 0 Å². The summed E-state index contributed by atoms with van der Waals surface area (Å²) in [5.41, 5.74) is 3.44. The fraction of sp³-hybridized carbons (Fsp3) is 0.278. The normalized spacial score (nSPS) is 12.6. The van der Waals surface area contributed by atoms with Crippen LogP contribution in [0.15, 0.2) is 52.3 Å². The zero-order chi connectivity index (χ0) is 15.7. The molecule has 0 atom stereocenters. The lowest BCUT2D eigenvalue weighted by Crippen LogP contribution is -2.30. The van der Waals surface area contributed by atoms with Gasteiger partial charge in [-0.3, -0.25) is 5.41 Å². The highest BCUT2D eigenvalue weighted by Gasteiger charge is 2.21. The SMILES string of the molecule is CCN(CC)C(=N)c1ccc2c(c1)Sc1ccccc1N2C. The number of benzene rings is 2. The lowest BCUT2D eigenvalue weighted by molar-refractivity contribution is 0.463. The summed E-state index contributed by atoms with van der Waals surface area (Å²) in [5.74, 6) is 0.606. The second-order valence-corrected chi connectivity index (χ2v) is 6.42. The number of rotatable bonds is 3. The van der Waals surface area contributed by atoms with Crippen molar-refractivity contribution in [3.8, 4) is 0 Å². The maximum absolute atomic E-state index is 8.40. The van der Waals surface area contributed by atoms with Crippen LogP contribution in [-0.2, 0) is 0 Å². The molecule has 0 bridgehead atoms. The van der Waals surface area contributed by atoms with Gasteiger partial charge in [0.1, 0.15) is 5.84 Å². The summed E-state index contributed by atoms with van der Waals surface area (Å²) in [4.78, 5) is 6.79.